The van der Waals surface area contributed by atoms with E-state index in [-0.39, 0.29) is 23.6 Å². The number of carbonyl (C=O) groups is 3. The minimum atomic E-state index is -1.14. The molecule has 2 aromatic heterocycles. The number of H-pyrrole nitrogens is 1. The van der Waals surface area contributed by atoms with Crippen molar-refractivity contribution in [2.24, 2.45) is 0 Å². The summed E-state index contributed by atoms with van der Waals surface area (Å²) in [7, 11) is 0. The lowest BCUT2D eigenvalue weighted by Crippen LogP contribution is -2.36. The fourth-order valence-electron chi connectivity index (χ4n) is 2.57. The summed E-state index contributed by atoms with van der Waals surface area (Å²) in [4.78, 5) is 39.6. The highest BCUT2D eigenvalue weighted by molar-refractivity contribution is 6.04. The molecule has 1 atom stereocenters. The van der Waals surface area contributed by atoms with Gasteiger partial charge in [0, 0.05) is 17.8 Å². The smallest absolute Gasteiger partial charge is 0.405 e. The average molecular weight is 360 g/mol. The third-order valence-corrected chi connectivity index (χ3v) is 3.85. The Morgan fingerprint density at radius 3 is 2.54 bits per heavy atom. The van der Waals surface area contributed by atoms with Gasteiger partial charge in [-0.05, 0) is 39.3 Å². The van der Waals surface area contributed by atoms with Crippen LogP contribution in [0.3, 0.4) is 0 Å². The standard InChI is InChI=1S/C18H20N2O6/c1-5-25-18(23)14-10(2)15(19-11(14)3)16(21)12(4)26-17(22)13-8-6-7-9-20(13)24/h6-9,12,19H,5H2,1-4H3/t12-/m0/s1. The highest BCUT2D eigenvalue weighted by atomic mass is 16.6. The Hall–Kier alpha value is -3.16. The molecule has 26 heavy (non-hydrogen) atoms. The molecule has 8 nitrogen and oxygen atoms in total. The molecule has 2 heterocycles. The second-order valence-electron chi connectivity index (χ2n) is 5.67. The van der Waals surface area contributed by atoms with Gasteiger partial charge in [-0.2, -0.15) is 4.73 Å². The van der Waals surface area contributed by atoms with Crippen molar-refractivity contribution in [3.8, 4) is 0 Å². The fourth-order valence-corrected chi connectivity index (χ4v) is 2.57. The number of ketones is 1. The SMILES string of the molecule is CCOC(=O)c1c(C)[nH]c(C(=O)[C@H](C)OC(=O)c2cccc[n+]2[O-])c1C. The number of pyridine rings is 1. The molecule has 0 radical (unpaired) electrons. The molecule has 0 bridgehead atoms. The number of nitrogens with one attached hydrogen (secondary N) is 1. The molecule has 0 saturated heterocycles. The van der Waals surface area contributed by atoms with Crippen LogP contribution in [-0.4, -0.2) is 35.4 Å². The summed E-state index contributed by atoms with van der Waals surface area (Å²) in [6, 6.07) is 4.29. The highest BCUT2D eigenvalue weighted by Crippen LogP contribution is 2.21. The van der Waals surface area contributed by atoms with Crippen LogP contribution in [0.2, 0.25) is 0 Å². The maximum Gasteiger partial charge on any atom is 0.405 e. The van der Waals surface area contributed by atoms with Crippen LogP contribution in [0.1, 0.15) is 56.4 Å². The van der Waals surface area contributed by atoms with E-state index in [1.807, 2.05) is 0 Å². The van der Waals surface area contributed by atoms with Crippen LogP contribution >= 0.6 is 0 Å². The molecule has 0 aliphatic carbocycles. The minimum Gasteiger partial charge on any atom is -0.618 e. The van der Waals surface area contributed by atoms with Crippen molar-refractivity contribution < 1.29 is 28.6 Å². The summed E-state index contributed by atoms with van der Waals surface area (Å²) >= 11 is 0. The number of aromatic amines is 1. The lowest BCUT2D eigenvalue weighted by molar-refractivity contribution is -0.608. The number of rotatable bonds is 6. The molecular weight excluding hydrogens is 340 g/mol. The third-order valence-electron chi connectivity index (χ3n) is 3.85. The monoisotopic (exact) mass is 360 g/mol. The molecular formula is C18H20N2O6. The van der Waals surface area contributed by atoms with Gasteiger partial charge in [0.1, 0.15) is 0 Å². The lowest BCUT2D eigenvalue weighted by Gasteiger charge is -2.12. The molecule has 2 aromatic rings. The molecule has 0 amide bonds. The number of carbonyl (C=O) groups excluding carboxylic acids is 3. The van der Waals surface area contributed by atoms with Gasteiger partial charge >= 0.3 is 17.6 Å². The molecule has 0 spiro atoms. The molecule has 8 heteroatoms. The van der Waals surface area contributed by atoms with E-state index < -0.39 is 23.8 Å². The summed E-state index contributed by atoms with van der Waals surface area (Å²) < 4.78 is 10.4. The van der Waals surface area contributed by atoms with E-state index in [0.29, 0.717) is 16.0 Å². The van der Waals surface area contributed by atoms with Crippen LogP contribution in [0.5, 0.6) is 0 Å². The summed E-state index contributed by atoms with van der Waals surface area (Å²) in [6.07, 6.45) is 0.0159. The zero-order valence-electron chi connectivity index (χ0n) is 15.0. The largest absolute Gasteiger partial charge is 0.618 e. The van der Waals surface area contributed by atoms with Crippen molar-refractivity contribution >= 4 is 17.7 Å². The van der Waals surface area contributed by atoms with E-state index in [2.05, 4.69) is 4.98 Å². The first-order chi connectivity index (χ1) is 12.3. The van der Waals surface area contributed by atoms with Crippen molar-refractivity contribution in [2.45, 2.75) is 33.8 Å². The maximum absolute atomic E-state index is 12.6. The molecule has 2 rings (SSSR count). The topological polar surface area (TPSA) is 112 Å². The fraction of sp³-hybridized carbons (Fsp3) is 0.333. The number of ether oxygens (including phenoxy) is 2. The molecule has 0 aromatic carbocycles. The Morgan fingerprint density at radius 1 is 1.23 bits per heavy atom. The maximum atomic E-state index is 12.6. The van der Waals surface area contributed by atoms with Crippen molar-refractivity contribution in [2.75, 3.05) is 6.61 Å². The Labute approximate surface area is 150 Å². The second-order valence-corrected chi connectivity index (χ2v) is 5.67. The quantitative estimate of drug-likeness (QED) is 0.364. The van der Waals surface area contributed by atoms with Gasteiger partial charge < -0.3 is 19.7 Å². The lowest BCUT2D eigenvalue weighted by atomic mass is 10.1. The van der Waals surface area contributed by atoms with E-state index in [9.17, 15) is 19.6 Å². The zero-order chi connectivity index (χ0) is 19.4. The number of aromatic nitrogens is 2. The van der Waals surface area contributed by atoms with Gasteiger partial charge in [0.2, 0.25) is 5.78 Å². The second kappa shape index (κ2) is 7.81. The molecule has 0 aliphatic heterocycles. The number of esters is 2. The summed E-state index contributed by atoms with van der Waals surface area (Å²) in [5, 5.41) is 11.6. The van der Waals surface area contributed by atoms with Crippen LogP contribution in [0.15, 0.2) is 24.4 Å². The van der Waals surface area contributed by atoms with Gasteiger partial charge in [-0.1, -0.05) is 0 Å². The van der Waals surface area contributed by atoms with E-state index >= 15 is 0 Å². The molecule has 138 valence electrons. The third kappa shape index (κ3) is 3.74. The van der Waals surface area contributed by atoms with Crippen LogP contribution < -0.4 is 4.73 Å². The van der Waals surface area contributed by atoms with Crippen molar-refractivity contribution in [1.82, 2.24) is 4.98 Å². The Balaban J connectivity index is 2.21. The molecule has 0 unspecified atom stereocenters. The number of nitrogens with zero attached hydrogens (tertiary/aromatic N) is 1. The predicted octanol–water partition coefficient (Wildman–Crippen LogP) is 1.87. The van der Waals surface area contributed by atoms with Gasteiger partial charge in [-0.15, -0.1) is 0 Å². The Bertz CT molecular complexity index is 855. The van der Waals surface area contributed by atoms with Crippen molar-refractivity contribution in [3.05, 3.63) is 57.8 Å². The van der Waals surface area contributed by atoms with E-state index in [4.69, 9.17) is 9.47 Å². The van der Waals surface area contributed by atoms with Crippen LogP contribution in [0.4, 0.5) is 0 Å². The van der Waals surface area contributed by atoms with Gasteiger partial charge in [-0.3, -0.25) is 4.79 Å². The zero-order valence-corrected chi connectivity index (χ0v) is 15.0. The summed E-state index contributed by atoms with van der Waals surface area (Å²) in [5.74, 6) is -1.95. The normalized spacial score (nSPS) is 11.7. The van der Waals surface area contributed by atoms with E-state index in [1.54, 1.807) is 20.8 Å². The van der Waals surface area contributed by atoms with Gasteiger partial charge in [0.05, 0.1) is 17.9 Å². The Morgan fingerprint density at radius 2 is 1.92 bits per heavy atom. The first-order valence-electron chi connectivity index (χ1n) is 8.07. The molecule has 0 aliphatic rings. The van der Waals surface area contributed by atoms with Crippen LogP contribution in [0, 0.1) is 19.1 Å². The van der Waals surface area contributed by atoms with Gasteiger partial charge in [-0.25, -0.2) is 9.59 Å². The first-order valence-corrected chi connectivity index (χ1v) is 8.07. The molecule has 1 N–H and O–H groups in total. The molecule has 0 saturated carbocycles. The number of Topliss-reactive ketones (excluding diaryl/α,β-unsaturated/α-hetero) is 1. The number of hydrogen-bond donors (Lipinski definition) is 1. The average Bonchev–Trinajstić information content (AvgIpc) is 2.89. The van der Waals surface area contributed by atoms with Crippen molar-refractivity contribution in [1.29, 1.82) is 0 Å². The van der Waals surface area contributed by atoms with E-state index in [0.717, 1.165) is 6.20 Å². The van der Waals surface area contributed by atoms with Crippen molar-refractivity contribution in [3.63, 3.8) is 0 Å². The summed E-state index contributed by atoms with van der Waals surface area (Å²) in [5.41, 5.74) is 1.14. The van der Waals surface area contributed by atoms with Crippen LogP contribution in [-0.2, 0) is 9.47 Å². The van der Waals surface area contributed by atoms with Gasteiger partial charge in [0.25, 0.3) is 0 Å². The minimum absolute atomic E-state index is 0.161. The van der Waals surface area contributed by atoms with E-state index in [1.165, 1.54) is 25.1 Å². The predicted molar refractivity (Wildman–Crippen MR) is 90.8 cm³/mol. The summed E-state index contributed by atoms with van der Waals surface area (Å²) in [6.45, 7) is 6.57. The molecule has 0 fully saturated rings. The number of aryl methyl sites for hydroxylation is 1. The van der Waals surface area contributed by atoms with Crippen LogP contribution in [0.25, 0.3) is 0 Å². The number of hydrogen-bond acceptors (Lipinski definition) is 6. The Kier molecular flexibility index (Phi) is 5.76. The first kappa shape index (κ1) is 19.2. The highest BCUT2D eigenvalue weighted by Gasteiger charge is 2.29. The van der Waals surface area contributed by atoms with Gasteiger partial charge in [0.15, 0.2) is 12.3 Å².